The summed E-state index contributed by atoms with van der Waals surface area (Å²) in [6.07, 6.45) is 6.75. The molecule has 1 aromatic carbocycles. The van der Waals surface area contributed by atoms with Crippen molar-refractivity contribution in [3.8, 4) is 0 Å². The van der Waals surface area contributed by atoms with E-state index in [2.05, 4.69) is 51.4 Å². The Labute approximate surface area is 136 Å². The van der Waals surface area contributed by atoms with Gasteiger partial charge >= 0.3 is 0 Å². The van der Waals surface area contributed by atoms with E-state index in [1.807, 2.05) is 0 Å². The lowest BCUT2D eigenvalue weighted by Crippen LogP contribution is -2.34. The van der Waals surface area contributed by atoms with E-state index in [4.69, 9.17) is 4.74 Å². The maximum absolute atomic E-state index is 5.88. The minimum Gasteiger partial charge on any atom is -0.376 e. The zero-order valence-electron chi connectivity index (χ0n) is 12.8. The third-order valence-corrected chi connectivity index (χ3v) is 4.86. The van der Waals surface area contributed by atoms with Gasteiger partial charge in [0.1, 0.15) is 0 Å². The fourth-order valence-electron chi connectivity index (χ4n) is 2.97. The van der Waals surface area contributed by atoms with E-state index < -0.39 is 0 Å². The number of ether oxygens (including phenoxy) is 1. The first kappa shape index (κ1) is 15.3. The van der Waals surface area contributed by atoms with Gasteiger partial charge in [0.15, 0.2) is 0 Å². The lowest BCUT2D eigenvalue weighted by molar-refractivity contribution is 0.0216. The molecule has 3 rings (SSSR count). The Bertz CT molecular complexity index is 470. The van der Waals surface area contributed by atoms with Crippen molar-refractivity contribution >= 4 is 21.6 Å². The smallest absolute Gasteiger partial charge is 0.0749 e. The summed E-state index contributed by atoms with van der Waals surface area (Å²) >= 11 is 3.60. The number of halogens is 1. The van der Waals surface area contributed by atoms with Crippen LogP contribution in [0.1, 0.15) is 37.7 Å². The summed E-state index contributed by atoms with van der Waals surface area (Å²) in [6.45, 7) is 2.86. The van der Waals surface area contributed by atoms with Crippen LogP contribution in [0.25, 0.3) is 0 Å². The number of likely N-dealkylation sites (N-methyl/N-ethyl adjacent to an activating group) is 1. The van der Waals surface area contributed by atoms with Gasteiger partial charge in [-0.2, -0.15) is 0 Å². The number of nitrogens with zero attached hydrogens (tertiary/aromatic N) is 1. The number of anilines is 1. The molecule has 0 amide bonds. The molecule has 1 aromatic rings. The van der Waals surface area contributed by atoms with Crippen LogP contribution in [0.15, 0.2) is 22.7 Å². The van der Waals surface area contributed by atoms with Crippen LogP contribution in [0.4, 0.5) is 5.69 Å². The Kier molecular flexibility index (Phi) is 5.19. The normalized spacial score (nSPS) is 22.3. The van der Waals surface area contributed by atoms with Gasteiger partial charge in [0.2, 0.25) is 0 Å². The molecule has 3 nitrogen and oxygen atoms in total. The molecular weight excluding hydrogens is 328 g/mol. The van der Waals surface area contributed by atoms with Crippen molar-refractivity contribution in [2.45, 2.75) is 50.8 Å². The average Bonchev–Trinajstić information content (AvgIpc) is 3.30. The predicted molar refractivity (Wildman–Crippen MR) is 90.9 cm³/mol. The highest BCUT2D eigenvalue weighted by Gasteiger charge is 2.22. The zero-order valence-corrected chi connectivity index (χ0v) is 14.4. The van der Waals surface area contributed by atoms with Crippen LogP contribution in [-0.4, -0.2) is 32.3 Å². The molecule has 2 aliphatic rings. The minimum absolute atomic E-state index is 0.386. The molecule has 2 fully saturated rings. The quantitative estimate of drug-likeness (QED) is 0.844. The van der Waals surface area contributed by atoms with Crippen LogP contribution in [-0.2, 0) is 11.3 Å². The minimum atomic E-state index is 0.386. The number of hydrogen-bond acceptors (Lipinski definition) is 3. The highest BCUT2D eigenvalue weighted by atomic mass is 79.9. The summed E-state index contributed by atoms with van der Waals surface area (Å²) in [5.41, 5.74) is 2.69. The third kappa shape index (κ3) is 4.44. The molecule has 1 unspecified atom stereocenters. The van der Waals surface area contributed by atoms with E-state index in [9.17, 15) is 0 Å². The summed E-state index contributed by atoms with van der Waals surface area (Å²) in [5.74, 6) is 0. The van der Waals surface area contributed by atoms with E-state index in [0.717, 1.165) is 30.2 Å². The number of benzene rings is 1. The van der Waals surface area contributed by atoms with Crippen LogP contribution in [0.5, 0.6) is 0 Å². The van der Waals surface area contributed by atoms with E-state index in [0.29, 0.717) is 6.10 Å². The van der Waals surface area contributed by atoms with Gasteiger partial charge in [-0.05, 0) is 55.9 Å². The summed E-state index contributed by atoms with van der Waals surface area (Å²) in [4.78, 5) is 2.35. The molecule has 0 aromatic heterocycles. The first-order valence-electron chi connectivity index (χ1n) is 8.07. The van der Waals surface area contributed by atoms with Crippen molar-refractivity contribution in [1.82, 2.24) is 5.32 Å². The monoisotopic (exact) mass is 352 g/mol. The molecular formula is C17H25BrN2O. The topological polar surface area (TPSA) is 24.5 Å². The lowest BCUT2D eigenvalue weighted by atomic mass is 10.1. The average molecular weight is 353 g/mol. The van der Waals surface area contributed by atoms with Gasteiger partial charge in [-0.1, -0.05) is 15.9 Å². The molecule has 1 saturated carbocycles. The maximum Gasteiger partial charge on any atom is 0.0749 e. The summed E-state index contributed by atoms with van der Waals surface area (Å²) in [6, 6.07) is 7.33. The summed E-state index contributed by atoms with van der Waals surface area (Å²) in [5, 5.41) is 3.62. The number of hydrogen-bond donors (Lipinski definition) is 1. The standard InChI is InChI=1S/C17H25BrN2O/c1-20(12-16-4-2-3-9-21-16)17-8-5-14(18)10-13(17)11-19-15-6-7-15/h5,8,10,15-16,19H,2-4,6-7,9,11-12H2,1H3. The van der Waals surface area contributed by atoms with E-state index in [1.54, 1.807) is 0 Å². The van der Waals surface area contributed by atoms with E-state index in [-0.39, 0.29) is 0 Å². The second kappa shape index (κ2) is 7.12. The van der Waals surface area contributed by atoms with Crippen LogP contribution in [0, 0.1) is 0 Å². The molecule has 1 aliphatic heterocycles. The third-order valence-electron chi connectivity index (χ3n) is 4.36. The van der Waals surface area contributed by atoms with Crippen LogP contribution < -0.4 is 10.2 Å². The van der Waals surface area contributed by atoms with Crippen molar-refractivity contribution in [2.75, 3.05) is 25.1 Å². The second-order valence-corrected chi connectivity index (χ2v) is 7.21. The number of rotatable bonds is 6. The Balaban J connectivity index is 1.66. The molecule has 0 radical (unpaired) electrons. The Morgan fingerprint density at radius 3 is 2.86 bits per heavy atom. The Hall–Kier alpha value is -0.580. The van der Waals surface area contributed by atoms with Gasteiger partial charge in [-0.25, -0.2) is 0 Å². The van der Waals surface area contributed by atoms with Gasteiger partial charge in [0.25, 0.3) is 0 Å². The molecule has 0 spiro atoms. The predicted octanol–water partition coefficient (Wildman–Crippen LogP) is 3.71. The Morgan fingerprint density at radius 2 is 2.14 bits per heavy atom. The SMILES string of the molecule is CN(CC1CCCCO1)c1ccc(Br)cc1CNC1CC1. The van der Waals surface area contributed by atoms with Crippen LogP contribution in [0.2, 0.25) is 0 Å². The molecule has 4 heteroatoms. The highest BCUT2D eigenvalue weighted by Crippen LogP contribution is 2.27. The largest absolute Gasteiger partial charge is 0.376 e. The molecule has 1 atom stereocenters. The first-order chi connectivity index (χ1) is 10.2. The Morgan fingerprint density at radius 1 is 1.29 bits per heavy atom. The first-order valence-corrected chi connectivity index (χ1v) is 8.86. The zero-order chi connectivity index (χ0) is 14.7. The second-order valence-electron chi connectivity index (χ2n) is 6.30. The molecule has 116 valence electrons. The van der Waals surface area contributed by atoms with Crippen molar-refractivity contribution in [3.63, 3.8) is 0 Å². The molecule has 1 N–H and O–H groups in total. The van der Waals surface area contributed by atoms with E-state index in [1.165, 1.54) is 43.4 Å². The number of nitrogens with one attached hydrogen (secondary N) is 1. The van der Waals surface area contributed by atoms with Gasteiger partial charge in [-0.3, -0.25) is 0 Å². The maximum atomic E-state index is 5.88. The van der Waals surface area contributed by atoms with Crippen LogP contribution >= 0.6 is 15.9 Å². The van der Waals surface area contributed by atoms with Gasteiger partial charge in [0, 0.05) is 42.9 Å². The van der Waals surface area contributed by atoms with Crippen molar-refractivity contribution in [3.05, 3.63) is 28.2 Å². The molecule has 1 heterocycles. The van der Waals surface area contributed by atoms with Gasteiger partial charge < -0.3 is 15.0 Å². The van der Waals surface area contributed by atoms with Gasteiger partial charge in [-0.15, -0.1) is 0 Å². The molecule has 21 heavy (non-hydrogen) atoms. The summed E-state index contributed by atoms with van der Waals surface area (Å²) < 4.78 is 7.03. The fourth-order valence-corrected chi connectivity index (χ4v) is 3.37. The van der Waals surface area contributed by atoms with Crippen molar-refractivity contribution < 1.29 is 4.74 Å². The summed E-state index contributed by atoms with van der Waals surface area (Å²) in [7, 11) is 2.18. The van der Waals surface area contributed by atoms with E-state index >= 15 is 0 Å². The van der Waals surface area contributed by atoms with Crippen LogP contribution in [0.3, 0.4) is 0 Å². The fraction of sp³-hybridized carbons (Fsp3) is 0.647. The molecule has 0 bridgehead atoms. The van der Waals surface area contributed by atoms with Crippen molar-refractivity contribution in [2.24, 2.45) is 0 Å². The molecule has 1 saturated heterocycles. The molecule has 1 aliphatic carbocycles. The lowest BCUT2D eigenvalue weighted by Gasteiger charge is -2.30. The highest BCUT2D eigenvalue weighted by molar-refractivity contribution is 9.10. The van der Waals surface area contributed by atoms with Gasteiger partial charge in [0.05, 0.1) is 6.10 Å². The van der Waals surface area contributed by atoms with Crippen molar-refractivity contribution in [1.29, 1.82) is 0 Å².